The highest BCUT2D eigenvalue weighted by molar-refractivity contribution is 7.98. The summed E-state index contributed by atoms with van der Waals surface area (Å²) in [7, 11) is 0. The van der Waals surface area contributed by atoms with Crippen molar-refractivity contribution in [1.29, 1.82) is 0 Å². The number of carboxylic acids is 1. The molecule has 0 aromatic rings. The van der Waals surface area contributed by atoms with Gasteiger partial charge in [-0.15, -0.1) is 0 Å². The Kier molecular flexibility index (Phi) is 7.21. The number of nitrogens with one attached hydrogen (secondary N) is 1. The monoisotopic (exact) mass is 247 g/mol. The molecule has 3 atom stereocenters. The lowest BCUT2D eigenvalue weighted by Gasteiger charge is -2.21. The second kappa shape index (κ2) is 7.54. The molecular formula is C11H21NO3S. The van der Waals surface area contributed by atoms with Gasteiger partial charge >= 0.3 is 5.97 Å². The van der Waals surface area contributed by atoms with Crippen molar-refractivity contribution in [1.82, 2.24) is 5.32 Å². The van der Waals surface area contributed by atoms with E-state index in [2.05, 4.69) is 5.32 Å². The molecule has 4 nitrogen and oxygen atoms in total. The van der Waals surface area contributed by atoms with Gasteiger partial charge in [-0.3, -0.25) is 9.59 Å². The Morgan fingerprint density at radius 3 is 2.25 bits per heavy atom. The first-order valence-corrected chi connectivity index (χ1v) is 6.85. The van der Waals surface area contributed by atoms with E-state index in [9.17, 15) is 9.59 Å². The molecule has 16 heavy (non-hydrogen) atoms. The topological polar surface area (TPSA) is 66.4 Å². The summed E-state index contributed by atoms with van der Waals surface area (Å²) in [5, 5.41) is 11.7. The first-order chi connectivity index (χ1) is 7.43. The van der Waals surface area contributed by atoms with E-state index in [-0.39, 0.29) is 11.9 Å². The minimum Gasteiger partial charge on any atom is -0.481 e. The number of rotatable bonds is 7. The van der Waals surface area contributed by atoms with E-state index >= 15 is 0 Å². The molecule has 5 heteroatoms. The molecule has 3 unspecified atom stereocenters. The van der Waals surface area contributed by atoms with E-state index in [0.717, 1.165) is 12.2 Å². The lowest BCUT2D eigenvalue weighted by molar-refractivity contribution is -0.146. The fraction of sp³-hybridized carbons (Fsp3) is 0.818. The van der Waals surface area contributed by atoms with Crippen molar-refractivity contribution in [3.63, 3.8) is 0 Å². The Bertz CT molecular complexity index is 245. The van der Waals surface area contributed by atoms with Crippen molar-refractivity contribution >= 4 is 23.6 Å². The molecule has 0 bridgehead atoms. The maximum absolute atomic E-state index is 11.7. The van der Waals surface area contributed by atoms with Crippen molar-refractivity contribution in [2.45, 2.75) is 33.2 Å². The highest BCUT2D eigenvalue weighted by Gasteiger charge is 2.26. The van der Waals surface area contributed by atoms with E-state index in [4.69, 9.17) is 5.11 Å². The van der Waals surface area contributed by atoms with Gasteiger partial charge in [0.05, 0.1) is 5.92 Å². The molecule has 0 aliphatic rings. The number of thioether (sulfide) groups is 1. The van der Waals surface area contributed by atoms with Gasteiger partial charge in [0.1, 0.15) is 0 Å². The molecule has 0 spiro atoms. The normalized spacial score (nSPS) is 16.2. The van der Waals surface area contributed by atoms with Crippen LogP contribution in [0.1, 0.15) is 27.2 Å². The summed E-state index contributed by atoms with van der Waals surface area (Å²) in [6, 6.07) is 0.131. The molecule has 0 saturated heterocycles. The van der Waals surface area contributed by atoms with Crippen LogP contribution in [0.5, 0.6) is 0 Å². The maximum atomic E-state index is 11.7. The van der Waals surface area contributed by atoms with Crippen molar-refractivity contribution in [2.75, 3.05) is 12.0 Å². The van der Waals surface area contributed by atoms with Crippen molar-refractivity contribution in [3.05, 3.63) is 0 Å². The largest absolute Gasteiger partial charge is 0.481 e. The lowest BCUT2D eigenvalue weighted by atomic mass is 9.95. The van der Waals surface area contributed by atoms with Crippen molar-refractivity contribution in [2.24, 2.45) is 11.8 Å². The van der Waals surface area contributed by atoms with E-state index in [1.54, 1.807) is 25.6 Å². The zero-order valence-corrected chi connectivity index (χ0v) is 11.1. The third-order valence-electron chi connectivity index (χ3n) is 2.76. The number of hydrogen-bond donors (Lipinski definition) is 2. The van der Waals surface area contributed by atoms with Crippen LogP contribution in [-0.2, 0) is 9.59 Å². The van der Waals surface area contributed by atoms with Crippen molar-refractivity contribution in [3.8, 4) is 0 Å². The van der Waals surface area contributed by atoms with Gasteiger partial charge in [-0.2, -0.15) is 11.8 Å². The van der Waals surface area contributed by atoms with Gasteiger partial charge in [0, 0.05) is 17.7 Å². The van der Waals surface area contributed by atoms with E-state index < -0.39 is 17.8 Å². The van der Waals surface area contributed by atoms with Crippen LogP contribution in [0.4, 0.5) is 0 Å². The molecule has 0 aliphatic heterocycles. The zero-order chi connectivity index (χ0) is 12.7. The fourth-order valence-corrected chi connectivity index (χ4v) is 1.96. The van der Waals surface area contributed by atoms with Crippen LogP contribution in [0.15, 0.2) is 0 Å². The summed E-state index contributed by atoms with van der Waals surface area (Å²) >= 11 is 1.67. The average Bonchev–Trinajstić information content (AvgIpc) is 2.25. The van der Waals surface area contributed by atoms with Crippen LogP contribution in [0.25, 0.3) is 0 Å². The Morgan fingerprint density at radius 2 is 1.88 bits per heavy atom. The highest BCUT2D eigenvalue weighted by Crippen LogP contribution is 2.12. The second-order valence-electron chi connectivity index (χ2n) is 3.98. The third-order valence-corrected chi connectivity index (χ3v) is 3.50. The van der Waals surface area contributed by atoms with E-state index in [1.807, 2.05) is 13.2 Å². The number of amides is 1. The number of aliphatic carboxylic acids is 1. The van der Waals surface area contributed by atoms with Crippen LogP contribution in [-0.4, -0.2) is 35.0 Å². The maximum Gasteiger partial charge on any atom is 0.307 e. The quantitative estimate of drug-likeness (QED) is 0.717. The second-order valence-corrected chi connectivity index (χ2v) is 4.90. The smallest absolute Gasteiger partial charge is 0.307 e. The molecule has 0 aromatic carbocycles. The van der Waals surface area contributed by atoms with Crippen LogP contribution in [0.3, 0.4) is 0 Å². The number of carbonyl (C=O) groups is 2. The molecular weight excluding hydrogens is 226 g/mol. The lowest BCUT2D eigenvalue weighted by Crippen LogP contribution is -2.42. The third kappa shape index (κ3) is 4.88. The fourth-order valence-electron chi connectivity index (χ4n) is 1.24. The van der Waals surface area contributed by atoms with Gasteiger partial charge in [-0.25, -0.2) is 0 Å². The summed E-state index contributed by atoms with van der Waals surface area (Å²) in [4.78, 5) is 22.5. The van der Waals surface area contributed by atoms with Gasteiger partial charge in [0.15, 0.2) is 0 Å². The van der Waals surface area contributed by atoms with Crippen LogP contribution in [0, 0.1) is 11.8 Å². The molecule has 0 radical (unpaired) electrons. The molecule has 94 valence electrons. The summed E-state index contributed by atoms with van der Waals surface area (Å²) in [6.45, 7) is 5.22. The zero-order valence-electron chi connectivity index (χ0n) is 10.3. The summed E-state index contributed by atoms with van der Waals surface area (Å²) in [6.07, 6.45) is 2.85. The van der Waals surface area contributed by atoms with E-state index in [1.165, 1.54) is 0 Å². The number of carboxylic acid groups (broad SMARTS) is 1. The molecule has 0 heterocycles. The minimum absolute atomic E-state index is 0.131. The van der Waals surface area contributed by atoms with Crippen LogP contribution < -0.4 is 5.32 Å². The summed E-state index contributed by atoms with van der Waals surface area (Å²) < 4.78 is 0. The average molecular weight is 247 g/mol. The summed E-state index contributed by atoms with van der Waals surface area (Å²) in [5.74, 6) is -1.38. The van der Waals surface area contributed by atoms with Crippen LogP contribution >= 0.6 is 11.8 Å². The molecule has 1 amide bonds. The minimum atomic E-state index is -0.930. The number of carbonyl (C=O) groups excluding carboxylic acids is 1. The number of hydrogen-bond acceptors (Lipinski definition) is 3. The molecule has 0 fully saturated rings. The standard InChI is InChI=1S/C11H21NO3S/c1-5-9(6-16-4)12-10(13)7(2)8(3)11(14)15/h7-9H,5-6H2,1-4H3,(H,12,13)(H,14,15). The molecule has 2 N–H and O–H groups in total. The predicted molar refractivity (Wildman–Crippen MR) is 66.6 cm³/mol. The molecule has 0 aromatic heterocycles. The van der Waals surface area contributed by atoms with Crippen LogP contribution in [0.2, 0.25) is 0 Å². The summed E-state index contributed by atoms with van der Waals surface area (Å²) in [5.41, 5.74) is 0. The van der Waals surface area contributed by atoms with E-state index in [0.29, 0.717) is 0 Å². The van der Waals surface area contributed by atoms with Gasteiger partial charge in [-0.1, -0.05) is 20.8 Å². The van der Waals surface area contributed by atoms with Gasteiger partial charge in [0.2, 0.25) is 5.91 Å². The Hall–Kier alpha value is -0.710. The Balaban J connectivity index is 4.27. The SMILES string of the molecule is CCC(CSC)NC(=O)C(C)C(C)C(=O)O. The Morgan fingerprint density at radius 1 is 1.31 bits per heavy atom. The molecule has 0 rings (SSSR count). The highest BCUT2D eigenvalue weighted by atomic mass is 32.2. The van der Waals surface area contributed by atoms with Gasteiger partial charge in [0.25, 0.3) is 0 Å². The van der Waals surface area contributed by atoms with Crippen molar-refractivity contribution < 1.29 is 14.7 Å². The Labute approximate surface area is 101 Å². The van der Waals surface area contributed by atoms with Gasteiger partial charge < -0.3 is 10.4 Å². The first-order valence-electron chi connectivity index (χ1n) is 5.46. The molecule has 0 aliphatic carbocycles. The molecule has 0 saturated carbocycles. The predicted octanol–water partition coefficient (Wildman–Crippen LogP) is 1.60. The first kappa shape index (κ1) is 15.3. The van der Waals surface area contributed by atoms with Gasteiger partial charge in [-0.05, 0) is 12.7 Å².